The van der Waals surface area contributed by atoms with Gasteiger partial charge >= 0.3 is 5.97 Å². The highest BCUT2D eigenvalue weighted by Crippen LogP contribution is 2.15. The lowest BCUT2D eigenvalue weighted by atomic mass is 10.1. The van der Waals surface area contributed by atoms with Crippen LogP contribution >= 0.6 is 0 Å². The van der Waals surface area contributed by atoms with E-state index in [9.17, 15) is 9.18 Å². The van der Waals surface area contributed by atoms with Crippen LogP contribution in [-0.2, 0) is 13.1 Å². The third kappa shape index (κ3) is 3.61. The number of carboxylic acids is 1. The second-order valence-electron chi connectivity index (χ2n) is 4.63. The summed E-state index contributed by atoms with van der Waals surface area (Å²) in [5.74, 6) is -1.47. The molecule has 1 N–H and O–H groups in total. The van der Waals surface area contributed by atoms with Crippen molar-refractivity contribution in [2.75, 3.05) is 7.05 Å². The second kappa shape index (κ2) is 6.25. The number of carboxylic acid groups (broad SMARTS) is 1. The number of aromatic nitrogens is 1. The number of carbonyl (C=O) groups is 1. The van der Waals surface area contributed by atoms with Crippen molar-refractivity contribution in [3.8, 4) is 0 Å². The molecule has 2 rings (SSSR count). The van der Waals surface area contributed by atoms with E-state index in [-0.39, 0.29) is 5.56 Å². The minimum Gasteiger partial charge on any atom is -0.478 e. The van der Waals surface area contributed by atoms with Crippen LogP contribution in [0.2, 0.25) is 0 Å². The Morgan fingerprint density at radius 2 is 1.95 bits per heavy atom. The van der Waals surface area contributed by atoms with Gasteiger partial charge in [0.1, 0.15) is 5.82 Å². The topological polar surface area (TPSA) is 53.4 Å². The fraction of sp³-hybridized carbons (Fsp3) is 0.200. The number of nitrogens with zero attached hydrogens (tertiary/aromatic N) is 2. The second-order valence-corrected chi connectivity index (χ2v) is 4.63. The molecule has 0 aliphatic heterocycles. The number of hydrogen-bond donors (Lipinski definition) is 1. The molecule has 5 heteroatoms. The van der Waals surface area contributed by atoms with E-state index in [0.717, 1.165) is 11.6 Å². The molecule has 104 valence electrons. The molecule has 0 amide bonds. The molecule has 0 fully saturated rings. The van der Waals surface area contributed by atoms with Gasteiger partial charge in [-0.3, -0.25) is 9.88 Å². The quantitative estimate of drug-likeness (QED) is 0.910. The predicted octanol–water partition coefficient (Wildman–Crippen LogP) is 2.55. The zero-order valence-corrected chi connectivity index (χ0v) is 11.1. The Morgan fingerprint density at radius 1 is 1.25 bits per heavy atom. The first-order chi connectivity index (χ1) is 9.56. The maximum absolute atomic E-state index is 13.3. The summed E-state index contributed by atoms with van der Waals surface area (Å²) in [6.07, 6.45) is 3.40. The van der Waals surface area contributed by atoms with Gasteiger partial charge in [-0.2, -0.15) is 0 Å². The van der Waals surface area contributed by atoms with E-state index < -0.39 is 11.8 Å². The largest absolute Gasteiger partial charge is 0.478 e. The van der Waals surface area contributed by atoms with Crippen LogP contribution in [-0.4, -0.2) is 28.0 Å². The zero-order chi connectivity index (χ0) is 14.5. The molecule has 0 radical (unpaired) electrons. The summed E-state index contributed by atoms with van der Waals surface area (Å²) in [4.78, 5) is 17.0. The highest BCUT2D eigenvalue weighted by molar-refractivity contribution is 5.89. The molecule has 0 spiro atoms. The Labute approximate surface area is 116 Å². The highest BCUT2D eigenvalue weighted by Gasteiger charge is 2.12. The van der Waals surface area contributed by atoms with E-state index in [2.05, 4.69) is 4.98 Å². The van der Waals surface area contributed by atoms with Crippen molar-refractivity contribution in [1.29, 1.82) is 0 Å². The lowest BCUT2D eigenvalue weighted by Gasteiger charge is -2.18. The number of aromatic carboxylic acids is 1. The summed E-state index contributed by atoms with van der Waals surface area (Å²) < 4.78 is 13.3. The van der Waals surface area contributed by atoms with Crippen molar-refractivity contribution in [2.24, 2.45) is 0 Å². The number of benzene rings is 1. The third-order valence-corrected chi connectivity index (χ3v) is 2.94. The molecular weight excluding hydrogens is 259 g/mol. The lowest BCUT2D eigenvalue weighted by Crippen LogP contribution is -2.19. The Hall–Kier alpha value is -2.27. The summed E-state index contributed by atoms with van der Waals surface area (Å²) in [5.41, 5.74) is 1.66. The minimum absolute atomic E-state index is 0.132. The van der Waals surface area contributed by atoms with Gasteiger partial charge in [-0.05, 0) is 48.5 Å². The Kier molecular flexibility index (Phi) is 4.42. The van der Waals surface area contributed by atoms with E-state index in [1.807, 2.05) is 24.1 Å². The van der Waals surface area contributed by atoms with Crippen molar-refractivity contribution < 1.29 is 14.3 Å². The van der Waals surface area contributed by atoms with Gasteiger partial charge in [0, 0.05) is 25.5 Å². The normalized spacial score (nSPS) is 10.8. The summed E-state index contributed by atoms with van der Waals surface area (Å²) in [6, 6.07) is 7.51. The van der Waals surface area contributed by atoms with Crippen molar-refractivity contribution >= 4 is 5.97 Å². The average molecular weight is 274 g/mol. The van der Waals surface area contributed by atoms with E-state index in [1.54, 1.807) is 12.4 Å². The molecular formula is C15H15FN2O2. The van der Waals surface area contributed by atoms with Crippen molar-refractivity contribution in [2.45, 2.75) is 13.1 Å². The molecule has 0 aliphatic carbocycles. The summed E-state index contributed by atoms with van der Waals surface area (Å²) in [6.45, 7) is 1.000. The van der Waals surface area contributed by atoms with Crippen LogP contribution in [0.25, 0.3) is 0 Å². The van der Waals surface area contributed by atoms with E-state index >= 15 is 0 Å². The standard InChI is InChI=1S/C15H15FN2O2/c1-18(9-11-4-6-17-7-5-11)10-12-8-13(16)2-3-14(12)15(19)20/h2-8H,9-10H2,1H3,(H,19,20). The third-order valence-electron chi connectivity index (χ3n) is 2.94. The van der Waals surface area contributed by atoms with Crippen LogP contribution < -0.4 is 0 Å². The molecule has 20 heavy (non-hydrogen) atoms. The molecule has 4 nitrogen and oxygen atoms in total. The molecule has 1 aromatic heterocycles. The van der Waals surface area contributed by atoms with Gasteiger partial charge in [-0.1, -0.05) is 0 Å². The Balaban J connectivity index is 2.13. The summed E-state index contributed by atoms with van der Waals surface area (Å²) in [5, 5.41) is 9.11. The van der Waals surface area contributed by atoms with Crippen LogP contribution in [0.15, 0.2) is 42.7 Å². The van der Waals surface area contributed by atoms with Gasteiger partial charge in [-0.25, -0.2) is 9.18 Å². The Morgan fingerprint density at radius 3 is 2.60 bits per heavy atom. The number of halogens is 1. The van der Waals surface area contributed by atoms with Gasteiger partial charge in [0.25, 0.3) is 0 Å². The summed E-state index contributed by atoms with van der Waals surface area (Å²) in [7, 11) is 1.86. The number of pyridine rings is 1. The predicted molar refractivity (Wildman–Crippen MR) is 72.8 cm³/mol. The summed E-state index contributed by atoms with van der Waals surface area (Å²) >= 11 is 0. The number of rotatable bonds is 5. The monoisotopic (exact) mass is 274 g/mol. The van der Waals surface area contributed by atoms with Crippen molar-refractivity contribution in [1.82, 2.24) is 9.88 Å². The van der Waals surface area contributed by atoms with E-state index in [0.29, 0.717) is 18.7 Å². The SMILES string of the molecule is CN(Cc1ccncc1)Cc1cc(F)ccc1C(=O)O. The molecule has 0 saturated heterocycles. The average Bonchev–Trinajstić information content (AvgIpc) is 2.39. The maximum Gasteiger partial charge on any atom is 0.336 e. The van der Waals surface area contributed by atoms with Crippen LogP contribution in [0.5, 0.6) is 0 Å². The lowest BCUT2D eigenvalue weighted by molar-refractivity contribution is 0.0694. The van der Waals surface area contributed by atoms with Gasteiger partial charge < -0.3 is 5.11 Å². The molecule has 2 aromatic rings. The van der Waals surface area contributed by atoms with E-state index in [4.69, 9.17) is 5.11 Å². The smallest absolute Gasteiger partial charge is 0.336 e. The molecule has 1 aromatic carbocycles. The molecule has 0 atom stereocenters. The van der Waals surface area contributed by atoms with Crippen molar-refractivity contribution in [3.63, 3.8) is 0 Å². The molecule has 0 unspecified atom stereocenters. The maximum atomic E-state index is 13.3. The van der Waals surface area contributed by atoms with Crippen molar-refractivity contribution in [3.05, 3.63) is 65.2 Å². The van der Waals surface area contributed by atoms with Crippen LogP contribution in [0.3, 0.4) is 0 Å². The first kappa shape index (κ1) is 14.1. The molecule has 0 aliphatic rings. The van der Waals surface area contributed by atoms with Crippen LogP contribution in [0.1, 0.15) is 21.5 Å². The molecule has 0 saturated carbocycles. The zero-order valence-electron chi connectivity index (χ0n) is 11.1. The Bertz CT molecular complexity index is 602. The first-order valence-corrected chi connectivity index (χ1v) is 6.15. The van der Waals surface area contributed by atoms with Gasteiger partial charge in [0.05, 0.1) is 5.56 Å². The van der Waals surface area contributed by atoms with Crippen LogP contribution in [0.4, 0.5) is 4.39 Å². The first-order valence-electron chi connectivity index (χ1n) is 6.15. The molecule has 1 heterocycles. The fourth-order valence-corrected chi connectivity index (χ4v) is 2.05. The van der Waals surface area contributed by atoms with Gasteiger partial charge in [-0.15, -0.1) is 0 Å². The van der Waals surface area contributed by atoms with E-state index in [1.165, 1.54) is 12.1 Å². The number of hydrogen-bond acceptors (Lipinski definition) is 3. The highest BCUT2D eigenvalue weighted by atomic mass is 19.1. The van der Waals surface area contributed by atoms with Crippen LogP contribution in [0, 0.1) is 5.82 Å². The fourth-order valence-electron chi connectivity index (χ4n) is 2.05. The van der Waals surface area contributed by atoms with Gasteiger partial charge in [0.2, 0.25) is 0 Å². The molecule has 0 bridgehead atoms. The van der Waals surface area contributed by atoms with Gasteiger partial charge in [0.15, 0.2) is 0 Å². The minimum atomic E-state index is -1.04.